The number of nitrogens with zero attached hydrogens (tertiary/aromatic N) is 1. The van der Waals surface area contributed by atoms with Crippen LogP contribution in [0.25, 0.3) is 10.9 Å². The molecule has 0 aliphatic heterocycles. The van der Waals surface area contributed by atoms with E-state index < -0.39 is 0 Å². The number of benzene rings is 1. The Morgan fingerprint density at radius 2 is 1.59 bits per heavy atom. The van der Waals surface area contributed by atoms with Crippen molar-refractivity contribution >= 4 is 26.0 Å². The number of H-pyrrole nitrogens is 1. The summed E-state index contributed by atoms with van der Waals surface area (Å²) in [6.45, 7) is 22.7. The van der Waals surface area contributed by atoms with Crippen LogP contribution >= 0.6 is 9.24 Å². The minimum atomic E-state index is 0.121. The summed E-state index contributed by atoms with van der Waals surface area (Å²) in [7, 11) is 2.42. The number of aryl methyl sites for hydroxylation is 1. The number of terminal acetylenes is 1. The average molecular weight is 461 g/mol. The van der Waals surface area contributed by atoms with Crippen molar-refractivity contribution in [1.82, 2.24) is 9.88 Å². The van der Waals surface area contributed by atoms with Gasteiger partial charge < -0.3 is 9.88 Å². The number of aromatic amines is 1. The molecule has 0 bridgehead atoms. The molecule has 0 fully saturated rings. The zero-order valence-electron chi connectivity index (χ0n) is 22.2. The highest BCUT2D eigenvalue weighted by Crippen LogP contribution is 2.19. The maximum absolute atomic E-state index is 11.8. The van der Waals surface area contributed by atoms with Gasteiger partial charge in [-0.1, -0.05) is 90.7 Å². The van der Waals surface area contributed by atoms with Gasteiger partial charge in [-0.2, -0.15) is 0 Å². The predicted molar refractivity (Wildman–Crippen MR) is 152 cm³/mol. The lowest BCUT2D eigenvalue weighted by Gasteiger charge is -2.21. The lowest BCUT2D eigenvalue weighted by molar-refractivity contribution is -0.128. The first kappa shape index (κ1) is 37.0. The summed E-state index contributed by atoms with van der Waals surface area (Å²) < 4.78 is 0. The lowest BCUT2D eigenvalue weighted by atomic mass is 10.1. The van der Waals surface area contributed by atoms with E-state index in [1.165, 1.54) is 16.5 Å². The molecule has 1 aromatic heterocycles. The van der Waals surface area contributed by atoms with Gasteiger partial charge >= 0.3 is 0 Å². The second kappa shape index (κ2) is 28.7. The average Bonchev–Trinajstić information content (AvgIpc) is 3.28. The Morgan fingerprint density at radius 3 is 2.09 bits per heavy atom. The Morgan fingerprint density at radius 1 is 1.06 bits per heavy atom. The van der Waals surface area contributed by atoms with Crippen LogP contribution in [0.2, 0.25) is 0 Å². The number of hydrogen-bond acceptors (Lipinski definition) is 1. The van der Waals surface area contributed by atoms with Crippen molar-refractivity contribution in [2.45, 2.75) is 68.2 Å². The van der Waals surface area contributed by atoms with Gasteiger partial charge in [-0.3, -0.25) is 4.79 Å². The van der Waals surface area contributed by atoms with Crippen LogP contribution in [0.4, 0.5) is 0 Å². The number of fused-ring (bicyclic) bond motifs is 1. The molecule has 182 valence electrons. The van der Waals surface area contributed by atoms with Crippen molar-refractivity contribution in [1.29, 1.82) is 0 Å². The van der Waals surface area contributed by atoms with E-state index in [4.69, 9.17) is 0 Å². The summed E-state index contributed by atoms with van der Waals surface area (Å²) in [4.78, 5) is 16.9. The van der Waals surface area contributed by atoms with Crippen LogP contribution in [0.5, 0.6) is 0 Å². The number of hydrogen-bond donors (Lipinski definition) is 1. The maximum Gasteiger partial charge on any atom is 0.219 e. The van der Waals surface area contributed by atoms with Gasteiger partial charge in [0.2, 0.25) is 5.91 Å². The van der Waals surface area contributed by atoms with Crippen molar-refractivity contribution in [3.63, 3.8) is 0 Å². The SMILES string of the molecule is C#C.C=C/C=C(\C)CN(CCCc1c[nH]c2ccccc12)C(C)=O.CC.CC.CC.CP. The fourth-order valence-electron chi connectivity index (χ4n) is 2.70. The molecule has 1 unspecified atom stereocenters. The third kappa shape index (κ3) is 16.4. The van der Waals surface area contributed by atoms with Crippen LogP contribution in [0.1, 0.15) is 67.4 Å². The molecular formula is C28H49N2OP. The molecule has 0 radical (unpaired) electrons. The van der Waals surface area contributed by atoms with Crippen molar-refractivity contribution in [2.75, 3.05) is 19.8 Å². The van der Waals surface area contributed by atoms with Crippen LogP contribution < -0.4 is 0 Å². The fourth-order valence-corrected chi connectivity index (χ4v) is 2.70. The predicted octanol–water partition coefficient (Wildman–Crippen LogP) is 7.90. The monoisotopic (exact) mass is 460 g/mol. The van der Waals surface area contributed by atoms with Gasteiger partial charge in [0.05, 0.1) is 0 Å². The van der Waals surface area contributed by atoms with E-state index in [9.17, 15) is 4.79 Å². The molecule has 0 aliphatic carbocycles. The highest BCUT2D eigenvalue weighted by Gasteiger charge is 2.09. The third-order valence-electron chi connectivity index (χ3n) is 3.84. The second-order valence-corrected chi connectivity index (χ2v) is 5.65. The zero-order valence-corrected chi connectivity index (χ0v) is 23.3. The van der Waals surface area contributed by atoms with Crippen molar-refractivity contribution in [3.8, 4) is 12.8 Å². The molecule has 0 saturated carbocycles. The highest BCUT2D eigenvalue weighted by molar-refractivity contribution is 7.15. The van der Waals surface area contributed by atoms with Gasteiger partial charge in [0.15, 0.2) is 0 Å². The van der Waals surface area contributed by atoms with Gasteiger partial charge in [-0.25, -0.2) is 0 Å². The highest BCUT2D eigenvalue weighted by atomic mass is 31.0. The van der Waals surface area contributed by atoms with E-state index in [0.29, 0.717) is 6.54 Å². The van der Waals surface area contributed by atoms with E-state index in [0.717, 1.165) is 25.0 Å². The largest absolute Gasteiger partial charge is 0.361 e. The molecule has 3 nitrogen and oxygen atoms in total. The number of carbonyl (C=O) groups excluding carboxylic acids is 1. The molecule has 1 aromatic carbocycles. The van der Waals surface area contributed by atoms with Crippen LogP contribution in [-0.4, -0.2) is 35.5 Å². The van der Waals surface area contributed by atoms with Gasteiger partial charge in [0.1, 0.15) is 0 Å². The Labute approximate surface area is 202 Å². The third-order valence-corrected chi connectivity index (χ3v) is 3.84. The molecule has 1 N–H and O–H groups in total. The quantitative estimate of drug-likeness (QED) is 0.254. The summed E-state index contributed by atoms with van der Waals surface area (Å²) in [6, 6.07) is 8.32. The first-order valence-corrected chi connectivity index (χ1v) is 12.8. The van der Waals surface area contributed by atoms with Crippen LogP contribution in [0.15, 0.2) is 54.8 Å². The fraction of sp³-hybridized carbons (Fsp3) is 0.464. The van der Waals surface area contributed by atoms with Gasteiger partial charge in [-0.05, 0) is 31.4 Å². The number of carbonyl (C=O) groups is 1. The molecule has 1 atom stereocenters. The number of rotatable bonds is 7. The molecule has 2 aromatic rings. The molecule has 4 heteroatoms. The second-order valence-electron chi connectivity index (χ2n) is 5.65. The number of nitrogens with one attached hydrogen (secondary N) is 1. The molecule has 32 heavy (non-hydrogen) atoms. The molecule has 2 rings (SSSR count). The normalized spacial score (nSPS) is 8.81. The number of aromatic nitrogens is 1. The summed E-state index contributed by atoms with van der Waals surface area (Å²) >= 11 is 0. The lowest BCUT2D eigenvalue weighted by Crippen LogP contribution is -2.31. The molecule has 1 amide bonds. The van der Waals surface area contributed by atoms with Gasteiger partial charge in [0.25, 0.3) is 0 Å². The van der Waals surface area contributed by atoms with Crippen molar-refractivity contribution < 1.29 is 4.79 Å². The van der Waals surface area contributed by atoms with Crippen molar-refractivity contribution in [3.05, 3.63) is 60.3 Å². The summed E-state index contributed by atoms with van der Waals surface area (Å²) in [5.41, 5.74) is 3.64. The number of amides is 1. The van der Waals surface area contributed by atoms with E-state index in [-0.39, 0.29) is 5.91 Å². The first-order chi connectivity index (χ1) is 15.6. The van der Waals surface area contributed by atoms with Gasteiger partial charge in [0, 0.05) is 37.1 Å². The standard InChI is InChI=1S/C19H24N2O.3C2H6.C2H2.CH5P/c1-4-8-15(2)14-21(16(3)22)12-7-9-17-13-20-19-11-6-5-10-18(17)19;5*1-2/h4-6,8,10-11,13,20H,1,7,9,12,14H2,2-3H3;3*1-2H3;1-2H;2H2,1H3/b15-8+;;;;;. The Bertz CT molecular complexity index is 729. The Hall–Kier alpha value is -2.30. The maximum atomic E-state index is 11.8. The van der Waals surface area contributed by atoms with Crippen LogP contribution in [0.3, 0.4) is 0 Å². The van der Waals surface area contributed by atoms with E-state index in [1.807, 2.05) is 72.2 Å². The topological polar surface area (TPSA) is 36.1 Å². The molecule has 1 heterocycles. The summed E-state index contributed by atoms with van der Waals surface area (Å²) in [6.07, 6.45) is 15.7. The minimum Gasteiger partial charge on any atom is -0.361 e. The van der Waals surface area contributed by atoms with E-state index >= 15 is 0 Å². The number of allylic oxidation sites excluding steroid dienone is 2. The molecular weight excluding hydrogens is 411 g/mol. The Kier molecular flexibility index (Phi) is 33.2. The van der Waals surface area contributed by atoms with Crippen LogP contribution in [0, 0.1) is 12.8 Å². The van der Waals surface area contributed by atoms with E-state index in [2.05, 4.69) is 58.0 Å². The summed E-state index contributed by atoms with van der Waals surface area (Å²) in [5.74, 6) is 0.121. The summed E-state index contributed by atoms with van der Waals surface area (Å²) in [5, 5.41) is 1.28. The zero-order chi connectivity index (χ0) is 25.9. The molecule has 0 saturated heterocycles. The smallest absolute Gasteiger partial charge is 0.219 e. The molecule has 0 spiro atoms. The molecule has 0 aliphatic rings. The van der Waals surface area contributed by atoms with Gasteiger partial charge in [-0.15, -0.1) is 22.1 Å². The number of para-hydroxylation sites is 1. The van der Waals surface area contributed by atoms with Crippen LogP contribution in [-0.2, 0) is 11.2 Å². The van der Waals surface area contributed by atoms with Crippen molar-refractivity contribution in [2.24, 2.45) is 0 Å². The first-order valence-electron chi connectivity index (χ1n) is 11.6. The van der Waals surface area contributed by atoms with E-state index in [1.54, 1.807) is 13.0 Å². The Balaban J connectivity index is -0.000000345. The minimum absolute atomic E-state index is 0.121.